The van der Waals surface area contributed by atoms with Crippen LogP contribution in [0.15, 0.2) is 18.6 Å². The molecule has 3 rings (SSSR count). The summed E-state index contributed by atoms with van der Waals surface area (Å²) in [6.45, 7) is 0.0712. The standard InChI is InChI=1S/C12H11F5N4/c13-11(14)1-4-20(5-2-11)9-10-19-8(12(15,16)17)7-21(10)6-3-18-9/h3,6-7H,1-2,4-5H2. The predicted octanol–water partition coefficient (Wildman–Crippen LogP) is 2.98. The van der Waals surface area contributed by atoms with E-state index in [0.29, 0.717) is 0 Å². The number of imidazole rings is 1. The smallest absolute Gasteiger partial charge is 0.353 e. The van der Waals surface area contributed by atoms with Gasteiger partial charge in [0.2, 0.25) is 0 Å². The van der Waals surface area contributed by atoms with E-state index in [1.807, 2.05) is 0 Å². The fraction of sp³-hybridized carbons (Fsp3) is 0.500. The fourth-order valence-electron chi connectivity index (χ4n) is 2.31. The van der Waals surface area contributed by atoms with Crippen molar-refractivity contribution in [3.05, 3.63) is 24.3 Å². The normalized spacial score (nSPS) is 19.2. The number of piperidine rings is 1. The Kier molecular flexibility index (Phi) is 3.03. The quantitative estimate of drug-likeness (QED) is 0.760. The van der Waals surface area contributed by atoms with Gasteiger partial charge in [-0.3, -0.25) is 0 Å². The number of aromatic nitrogens is 3. The molecule has 3 heterocycles. The molecule has 0 amide bonds. The number of rotatable bonds is 1. The summed E-state index contributed by atoms with van der Waals surface area (Å²) in [6, 6.07) is 0. The van der Waals surface area contributed by atoms with E-state index in [9.17, 15) is 22.0 Å². The zero-order chi connectivity index (χ0) is 15.3. The fourth-order valence-corrected chi connectivity index (χ4v) is 2.31. The summed E-state index contributed by atoms with van der Waals surface area (Å²) in [5, 5.41) is 0. The van der Waals surface area contributed by atoms with Gasteiger partial charge in [0.25, 0.3) is 5.92 Å². The molecule has 0 aliphatic carbocycles. The molecule has 21 heavy (non-hydrogen) atoms. The van der Waals surface area contributed by atoms with Crippen molar-refractivity contribution in [1.82, 2.24) is 14.4 Å². The van der Waals surface area contributed by atoms with Gasteiger partial charge in [-0.1, -0.05) is 0 Å². The van der Waals surface area contributed by atoms with Crippen molar-refractivity contribution >= 4 is 11.5 Å². The van der Waals surface area contributed by atoms with Crippen molar-refractivity contribution in [2.75, 3.05) is 18.0 Å². The molecule has 1 aliphatic heterocycles. The summed E-state index contributed by atoms with van der Waals surface area (Å²) in [7, 11) is 0. The lowest BCUT2D eigenvalue weighted by Crippen LogP contribution is -2.40. The summed E-state index contributed by atoms with van der Waals surface area (Å²) in [5.41, 5.74) is -1.01. The number of fused-ring (bicyclic) bond motifs is 1. The lowest BCUT2D eigenvalue weighted by Gasteiger charge is -2.32. The molecule has 2 aromatic rings. The lowest BCUT2D eigenvalue weighted by atomic mass is 10.1. The van der Waals surface area contributed by atoms with Gasteiger partial charge in [0.15, 0.2) is 17.2 Å². The Hall–Kier alpha value is -1.93. The van der Waals surface area contributed by atoms with E-state index in [-0.39, 0.29) is 37.4 Å². The van der Waals surface area contributed by atoms with Crippen LogP contribution < -0.4 is 4.90 Å². The van der Waals surface area contributed by atoms with Crippen molar-refractivity contribution in [2.24, 2.45) is 0 Å². The van der Waals surface area contributed by atoms with Crippen LogP contribution >= 0.6 is 0 Å². The first-order valence-corrected chi connectivity index (χ1v) is 6.30. The van der Waals surface area contributed by atoms with Crippen LogP contribution in [0.4, 0.5) is 27.8 Å². The first-order valence-electron chi connectivity index (χ1n) is 6.30. The minimum absolute atomic E-state index is 0.0232. The second kappa shape index (κ2) is 4.54. The Balaban J connectivity index is 1.98. The van der Waals surface area contributed by atoms with E-state index in [2.05, 4.69) is 9.97 Å². The molecular weight excluding hydrogens is 295 g/mol. The van der Waals surface area contributed by atoms with E-state index in [0.717, 1.165) is 6.20 Å². The largest absolute Gasteiger partial charge is 0.434 e. The zero-order valence-corrected chi connectivity index (χ0v) is 10.7. The Bertz CT molecular complexity index is 653. The van der Waals surface area contributed by atoms with Gasteiger partial charge in [0.05, 0.1) is 0 Å². The SMILES string of the molecule is FC1(F)CCN(c2nccn3cc(C(F)(F)F)nc23)CC1. The molecule has 0 atom stereocenters. The van der Waals surface area contributed by atoms with Gasteiger partial charge in [0, 0.05) is 44.5 Å². The Labute approximate surface area is 116 Å². The molecule has 0 unspecified atom stereocenters. The van der Waals surface area contributed by atoms with Gasteiger partial charge < -0.3 is 9.30 Å². The maximum absolute atomic E-state index is 13.2. The number of anilines is 1. The van der Waals surface area contributed by atoms with Crippen LogP contribution in [-0.2, 0) is 6.18 Å². The molecule has 1 saturated heterocycles. The number of hydrogen-bond acceptors (Lipinski definition) is 3. The van der Waals surface area contributed by atoms with Crippen molar-refractivity contribution in [3.63, 3.8) is 0 Å². The van der Waals surface area contributed by atoms with E-state index in [1.54, 1.807) is 4.90 Å². The van der Waals surface area contributed by atoms with Crippen molar-refractivity contribution in [1.29, 1.82) is 0 Å². The third-order valence-electron chi connectivity index (χ3n) is 3.44. The summed E-state index contributed by atoms with van der Waals surface area (Å²) in [5.74, 6) is -2.53. The molecule has 114 valence electrons. The minimum Gasteiger partial charge on any atom is -0.353 e. The van der Waals surface area contributed by atoms with Crippen molar-refractivity contribution < 1.29 is 22.0 Å². The van der Waals surface area contributed by atoms with Crippen LogP contribution in [-0.4, -0.2) is 33.4 Å². The second-order valence-corrected chi connectivity index (χ2v) is 4.95. The molecule has 0 radical (unpaired) electrons. The van der Waals surface area contributed by atoms with E-state index >= 15 is 0 Å². The highest BCUT2D eigenvalue weighted by molar-refractivity contribution is 5.64. The first-order chi connectivity index (χ1) is 9.76. The van der Waals surface area contributed by atoms with Crippen LogP contribution in [0.1, 0.15) is 18.5 Å². The number of nitrogens with zero attached hydrogens (tertiary/aromatic N) is 4. The maximum Gasteiger partial charge on any atom is 0.434 e. The van der Waals surface area contributed by atoms with Gasteiger partial charge >= 0.3 is 6.18 Å². The van der Waals surface area contributed by atoms with Crippen molar-refractivity contribution in [3.8, 4) is 0 Å². The molecule has 0 saturated carbocycles. The highest BCUT2D eigenvalue weighted by atomic mass is 19.4. The topological polar surface area (TPSA) is 33.4 Å². The van der Waals surface area contributed by atoms with Crippen molar-refractivity contribution in [2.45, 2.75) is 24.9 Å². The number of halogens is 5. The lowest BCUT2D eigenvalue weighted by molar-refractivity contribution is -0.140. The zero-order valence-electron chi connectivity index (χ0n) is 10.7. The molecule has 1 fully saturated rings. The molecule has 0 aromatic carbocycles. The van der Waals surface area contributed by atoms with Crippen LogP contribution in [0.2, 0.25) is 0 Å². The molecule has 4 nitrogen and oxygen atoms in total. The number of hydrogen-bond donors (Lipinski definition) is 0. The van der Waals surface area contributed by atoms with Crippen LogP contribution in [0, 0.1) is 0 Å². The van der Waals surface area contributed by atoms with E-state index in [1.165, 1.54) is 16.8 Å². The van der Waals surface area contributed by atoms with Gasteiger partial charge in [-0.05, 0) is 0 Å². The predicted molar refractivity (Wildman–Crippen MR) is 64.4 cm³/mol. The van der Waals surface area contributed by atoms with Crippen LogP contribution in [0.5, 0.6) is 0 Å². The highest BCUT2D eigenvalue weighted by Crippen LogP contribution is 2.33. The maximum atomic E-state index is 13.2. The average Bonchev–Trinajstić information content (AvgIpc) is 2.82. The molecular formula is C12H11F5N4. The molecule has 0 bridgehead atoms. The highest BCUT2D eigenvalue weighted by Gasteiger charge is 2.37. The van der Waals surface area contributed by atoms with E-state index < -0.39 is 17.8 Å². The summed E-state index contributed by atoms with van der Waals surface area (Å²) < 4.78 is 65.6. The molecule has 0 spiro atoms. The Morgan fingerprint density at radius 2 is 1.81 bits per heavy atom. The molecule has 0 N–H and O–H groups in total. The minimum atomic E-state index is -4.56. The van der Waals surface area contributed by atoms with Crippen LogP contribution in [0.3, 0.4) is 0 Å². The third kappa shape index (κ3) is 2.64. The average molecular weight is 306 g/mol. The molecule has 9 heteroatoms. The second-order valence-electron chi connectivity index (χ2n) is 4.95. The van der Waals surface area contributed by atoms with Gasteiger partial charge in [-0.25, -0.2) is 18.7 Å². The van der Waals surface area contributed by atoms with Gasteiger partial charge in [0.1, 0.15) is 0 Å². The van der Waals surface area contributed by atoms with Gasteiger partial charge in [-0.2, -0.15) is 13.2 Å². The monoisotopic (exact) mass is 306 g/mol. The van der Waals surface area contributed by atoms with E-state index in [4.69, 9.17) is 0 Å². The first kappa shape index (κ1) is 14.0. The molecule has 1 aliphatic rings. The summed E-state index contributed by atoms with van der Waals surface area (Å²) >= 11 is 0. The summed E-state index contributed by atoms with van der Waals surface area (Å²) in [6.07, 6.45) is -1.71. The van der Waals surface area contributed by atoms with Gasteiger partial charge in [-0.15, -0.1) is 0 Å². The van der Waals surface area contributed by atoms with Crippen LogP contribution in [0.25, 0.3) is 5.65 Å². The Morgan fingerprint density at radius 1 is 1.14 bits per heavy atom. The Morgan fingerprint density at radius 3 is 2.43 bits per heavy atom. The number of alkyl halides is 5. The molecule has 2 aromatic heterocycles. The third-order valence-corrected chi connectivity index (χ3v) is 3.44. The summed E-state index contributed by atoms with van der Waals surface area (Å²) in [4.78, 5) is 9.09.